The van der Waals surface area contributed by atoms with Crippen molar-refractivity contribution in [1.29, 1.82) is 0 Å². The van der Waals surface area contributed by atoms with Crippen molar-refractivity contribution in [1.82, 2.24) is 30.9 Å². The molecule has 0 saturated heterocycles. The van der Waals surface area contributed by atoms with Gasteiger partial charge in [0.05, 0.1) is 18.5 Å². The van der Waals surface area contributed by atoms with E-state index in [9.17, 15) is 34.5 Å². The van der Waals surface area contributed by atoms with Crippen LogP contribution in [0.2, 0.25) is 0 Å². The number of nitrogens with one attached hydrogen (secondary N) is 5. The van der Waals surface area contributed by atoms with E-state index in [0.717, 1.165) is 10.9 Å². The van der Waals surface area contributed by atoms with Gasteiger partial charge < -0.3 is 47.0 Å². The fourth-order valence-corrected chi connectivity index (χ4v) is 4.73. The Morgan fingerprint density at radius 3 is 2.20 bits per heavy atom. The zero-order valence-corrected chi connectivity index (χ0v) is 23.9. The molecule has 5 atom stereocenters. The van der Waals surface area contributed by atoms with Crippen molar-refractivity contribution in [2.45, 2.75) is 56.5 Å². The number of benzene rings is 2. The Balaban J connectivity index is 1.60. The number of carbonyl (C=O) groups is 4. The number of carboxylic acid groups (broad SMARTS) is 1. The van der Waals surface area contributed by atoms with E-state index >= 15 is 0 Å². The lowest BCUT2D eigenvalue weighted by atomic mass is 10.0. The summed E-state index contributed by atoms with van der Waals surface area (Å²) in [5.74, 6) is -3.64. The molecule has 2 aromatic carbocycles. The van der Waals surface area contributed by atoms with Gasteiger partial charge in [0.25, 0.3) is 0 Å². The Morgan fingerprint density at radius 1 is 0.886 bits per heavy atom. The number of nitrogens with two attached hydrogens (primary N) is 1. The lowest BCUT2D eigenvalue weighted by molar-refractivity contribution is -0.145. The van der Waals surface area contributed by atoms with Crippen LogP contribution in [-0.4, -0.2) is 84.2 Å². The minimum Gasteiger partial charge on any atom is -0.508 e. The fourth-order valence-electron chi connectivity index (χ4n) is 4.73. The molecule has 10 N–H and O–H groups in total. The van der Waals surface area contributed by atoms with Crippen molar-refractivity contribution in [2.24, 2.45) is 5.73 Å². The van der Waals surface area contributed by atoms with Crippen molar-refractivity contribution < 1.29 is 34.5 Å². The number of carboxylic acids is 1. The molecule has 0 spiro atoms. The summed E-state index contributed by atoms with van der Waals surface area (Å²) in [6.45, 7) is 1.22. The summed E-state index contributed by atoms with van der Waals surface area (Å²) in [6.07, 6.45) is 3.32. The number of phenolic OH excluding ortho intramolecular Hbond substituents is 1. The van der Waals surface area contributed by atoms with E-state index in [1.54, 1.807) is 18.3 Å². The second kappa shape index (κ2) is 14.3. The van der Waals surface area contributed by atoms with Crippen LogP contribution in [0, 0.1) is 0 Å². The summed E-state index contributed by atoms with van der Waals surface area (Å²) in [7, 11) is 0. The number of hydrogen-bond acceptors (Lipinski definition) is 8. The largest absolute Gasteiger partial charge is 0.508 e. The van der Waals surface area contributed by atoms with Gasteiger partial charge in [-0.2, -0.15) is 0 Å². The lowest BCUT2D eigenvalue weighted by Gasteiger charge is -2.26. The molecule has 4 aromatic rings. The smallest absolute Gasteiger partial charge is 0.328 e. The Kier molecular flexibility index (Phi) is 10.3. The summed E-state index contributed by atoms with van der Waals surface area (Å²) in [6, 6.07) is 8.22. The first-order valence-corrected chi connectivity index (χ1v) is 13.9. The fraction of sp³-hybridized carbons (Fsp3) is 0.300. The van der Waals surface area contributed by atoms with E-state index in [1.807, 2.05) is 24.3 Å². The molecule has 0 radical (unpaired) electrons. The van der Waals surface area contributed by atoms with Gasteiger partial charge in [0, 0.05) is 48.3 Å². The van der Waals surface area contributed by atoms with Crippen molar-refractivity contribution in [3.05, 3.63) is 84.1 Å². The monoisotopic (exact) mass is 605 g/mol. The molecule has 2 aromatic heterocycles. The molecule has 14 heteroatoms. The molecular weight excluding hydrogens is 570 g/mol. The van der Waals surface area contributed by atoms with Crippen LogP contribution in [0.25, 0.3) is 10.9 Å². The van der Waals surface area contributed by atoms with E-state index in [0.29, 0.717) is 16.8 Å². The van der Waals surface area contributed by atoms with Crippen LogP contribution in [0.5, 0.6) is 5.75 Å². The maximum Gasteiger partial charge on any atom is 0.328 e. The van der Waals surface area contributed by atoms with E-state index < -0.39 is 54.0 Å². The zero-order chi connectivity index (χ0) is 31.8. The van der Waals surface area contributed by atoms with Gasteiger partial charge in [0.2, 0.25) is 17.7 Å². The van der Waals surface area contributed by atoms with Crippen molar-refractivity contribution >= 4 is 34.6 Å². The predicted molar refractivity (Wildman–Crippen MR) is 159 cm³/mol. The van der Waals surface area contributed by atoms with Gasteiger partial charge in [-0.1, -0.05) is 30.3 Å². The Bertz CT molecular complexity index is 1580. The molecule has 0 aliphatic rings. The zero-order valence-electron chi connectivity index (χ0n) is 23.9. The highest BCUT2D eigenvalue weighted by atomic mass is 16.4. The lowest BCUT2D eigenvalue weighted by Crippen LogP contribution is -2.59. The molecule has 0 bridgehead atoms. The number of aromatic hydroxyl groups is 1. The molecule has 0 saturated carbocycles. The van der Waals surface area contributed by atoms with Gasteiger partial charge in [0.1, 0.15) is 17.8 Å². The van der Waals surface area contributed by atoms with Crippen LogP contribution in [0.3, 0.4) is 0 Å². The number of imidazole rings is 1. The molecule has 0 fully saturated rings. The first-order chi connectivity index (χ1) is 21.0. The number of aliphatic carboxylic acids is 1. The number of carbonyl (C=O) groups excluding carboxylic acids is 3. The molecule has 0 aliphatic carbocycles. The minimum atomic E-state index is -1.63. The molecule has 4 rings (SSSR count). The summed E-state index contributed by atoms with van der Waals surface area (Å²) in [5, 5.41) is 37.6. The highest BCUT2D eigenvalue weighted by Crippen LogP contribution is 2.20. The van der Waals surface area contributed by atoms with Crippen LogP contribution in [0.15, 0.2) is 67.3 Å². The average molecular weight is 606 g/mol. The summed E-state index contributed by atoms with van der Waals surface area (Å²) in [4.78, 5) is 61.8. The maximum absolute atomic E-state index is 13.8. The Hall–Kier alpha value is -5.21. The Morgan fingerprint density at radius 2 is 1.55 bits per heavy atom. The highest BCUT2D eigenvalue weighted by molar-refractivity contribution is 5.95. The van der Waals surface area contributed by atoms with Crippen molar-refractivity contribution in [3.63, 3.8) is 0 Å². The molecule has 5 unspecified atom stereocenters. The Labute approximate surface area is 252 Å². The average Bonchev–Trinajstić information content (AvgIpc) is 3.65. The predicted octanol–water partition coefficient (Wildman–Crippen LogP) is -0.128. The van der Waals surface area contributed by atoms with Gasteiger partial charge in [-0.05, 0) is 36.2 Å². The summed E-state index contributed by atoms with van der Waals surface area (Å²) >= 11 is 0. The van der Waals surface area contributed by atoms with Crippen LogP contribution in [0.4, 0.5) is 0 Å². The second-order valence-corrected chi connectivity index (χ2v) is 10.5. The minimum absolute atomic E-state index is 0.0124. The number of H-pyrrole nitrogens is 2. The van der Waals surface area contributed by atoms with E-state index in [-0.39, 0.29) is 25.0 Å². The van der Waals surface area contributed by atoms with Crippen LogP contribution in [0.1, 0.15) is 23.7 Å². The van der Waals surface area contributed by atoms with Crippen LogP contribution < -0.4 is 21.7 Å². The maximum atomic E-state index is 13.8. The first kappa shape index (κ1) is 31.7. The normalized spacial score (nSPS) is 14.6. The topological polar surface area (TPSA) is 236 Å². The summed E-state index contributed by atoms with van der Waals surface area (Å²) < 4.78 is 0. The van der Waals surface area contributed by atoms with E-state index in [1.165, 1.54) is 31.6 Å². The molecule has 44 heavy (non-hydrogen) atoms. The molecule has 2 heterocycles. The highest BCUT2D eigenvalue weighted by Gasteiger charge is 2.32. The molecular formula is C30H35N7O7. The quantitative estimate of drug-likeness (QED) is 0.0929. The van der Waals surface area contributed by atoms with Gasteiger partial charge in [-0.25, -0.2) is 9.78 Å². The number of nitrogens with zero attached hydrogens (tertiary/aromatic N) is 1. The van der Waals surface area contributed by atoms with Gasteiger partial charge in [-0.15, -0.1) is 0 Å². The van der Waals surface area contributed by atoms with Crippen LogP contribution in [-0.2, 0) is 38.4 Å². The standard InChI is InChI=1S/C30H35N7O7/c1-16(38)26(30(43)44)37-29(42)25(11-18-13-33-23-5-3-2-4-21(18)23)36-28(41)24(10-17-6-8-20(39)9-7-17)35-27(40)22(31)12-19-14-32-15-34-19/h2-9,13-16,22,24-26,33,38-39H,10-12,31H2,1H3,(H,32,34)(H,35,40)(H,36,41)(H,37,42)(H,43,44). The van der Waals surface area contributed by atoms with E-state index in [2.05, 4.69) is 30.9 Å². The summed E-state index contributed by atoms with van der Waals surface area (Å²) in [5.41, 5.74) is 8.79. The van der Waals surface area contributed by atoms with E-state index in [4.69, 9.17) is 5.73 Å². The van der Waals surface area contributed by atoms with Gasteiger partial charge >= 0.3 is 5.97 Å². The number of aliphatic hydroxyl groups excluding tert-OH is 1. The van der Waals surface area contributed by atoms with Crippen LogP contribution >= 0.6 is 0 Å². The van der Waals surface area contributed by atoms with Gasteiger partial charge in [-0.3, -0.25) is 14.4 Å². The third kappa shape index (κ3) is 8.20. The third-order valence-corrected chi connectivity index (χ3v) is 7.12. The van der Waals surface area contributed by atoms with Gasteiger partial charge in [0.15, 0.2) is 6.04 Å². The number of aromatic amines is 2. The molecule has 3 amide bonds. The number of hydrogen-bond donors (Lipinski definition) is 9. The number of para-hydroxylation sites is 1. The number of amides is 3. The third-order valence-electron chi connectivity index (χ3n) is 7.12. The number of rotatable bonds is 14. The SMILES string of the molecule is CC(O)C(NC(=O)C(Cc1c[nH]c2ccccc12)NC(=O)C(Cc1ccc(O)cc1)NC(=O)C(N)Cc1cnc[nH]1)C(=O)O. The number of aromatic nitrogens is 3. The second-order valence-electron chi connectivity index (χ2n) is 10.5. The first-order valence-electron chi connectivity index (χ1n) is 13.9. The number of phenols is 1. The molecule has 14 nitrogen and oxygen atoms in total. The number of fused-ring (bicyclic) bond motifs is 1. The molecule has 232 valence electrons. The van der Waals surface area contributed by atoms with Crippen molar-refractivity contribution in [3.8, 4) is 5.75 Å². The number of aliphatic hydroxyl groups is 1. The van der Waals surface area contributed by atoms with Crippen molar-refractivity contribution in [2.75, 3.05) is 0 Å². The molecule has 0 aliphatic heterocycles.